The molecule has 2 aliphatic heterocycles. The van der Waals surface area contributed by atoms with E-state index in [0.717, 1.165) is 6.42 Å². The molecule has 5 atom stereocenters. The molecule has 30 heavy (non-hydrogen) atoms. The number of imidazole rings is 1. The van der Waals surface area contributed by atoms with Crippen LogP contribution in [0.3, 0.4) is 0 Å². The number of aliphatic hydroxyl groups excluding tert-OH is 1. The van der Waals surface area contributed by atoms with Gasteiger partial charge in [-0.25, -0.2) is 9.78 Å². The van der Waals surface area contributed by atoms with Gasteiger partial charge in [-0.2, -0.15) is 9.97 Å². The summed E-state index contributed by atoms with van der Waals surface area (Å²) >= 11 is 6.12. The molecule has 0 bridgehead atoms. The lowest BCUT2D eigenvalue weighted by Gasteiger charge is -2.27. The lowest BCUT2D eigenvalue weighted by Crippen LogP contribution is -2.44. The zero-order chi connectivity index (χ0) is 21.5. The number of carbonyl (C=O) groups excluding carboxylic acids is 1. The van der Waals surface area contributed by atoms with Crippen molar-refractivity contribution >= 4 is 34.7 Å². The number of carbonyl (C=O) groups is 1. The van der Waals surface area contributed by atoms with E-state index in [0.29, 0.717) is 30.2 Å². The average molecular weight is 443 g/mol. The summed E-state index contributed by atoms with van der Waals surface area (Å²) in [7, 11) is 1.41. The van der Waals surface area contributed by atoms with E-state index in [9.17, 15) is 15.0 Å². The van der Waals surface area contributed by atoms with Gasteiger partial charge in [0.15, 0.2) is 23.2 Å². The van der Waals surface area contributed by atoms with Crippen LogP contribution >= 0.6 is 11.6 Å². The second-order valence-corrected chi connectivity index (χ2v) is 7.75. The fourth-order valence-electron chi connectivity index (χ4n) is 3.61. The fourth-order valence-corrected chi connectivity index (χ4v) is 3.78. The molecule has 2 aromatic heterocycles. The predicted molar refractivity (Wildman–Crippen MR) is 104 cm³/mol. The third kappa shape index (κ3) is 3.76. The molecule has 0 radical (unpaired) electrons. The summed E-state index contributed by atoms with van der Waals surface area (Å²) in [4.78, 5) is 24.2. The maximum absolute atomic E-state index is 11.3. The van der Waals surface area contributed by atoms with Crippen LogP contribution in [0, 0.1) is 0 Å². The smallest absolute Gasteiger partial charge is 0.406 e. The lowest BCUT2D eigenvalue weighted by atomic mass is 9.96. The van der Waals surface area contributed by atoms with Crippen molar-refractivity contribution in [3.8, 4) is 0 Å². The van der Waals surface area contributed by atoms with Crippen molar-refractivity contribution in [3.05, 3.63) is 11.6 Å². The molecule has 0 aromatic carbocycles. The van der Waals surface area contributed by atoms with E-state index < -0.39 is 30.1 Å². The van der Waals surface area contributed by atoms with E-state index in [2.05, 4.69) is 25.6 Å². The molecule has 12 nitrogen and oxygen atoms in total. The number of nitrogens with zero attached hydrogens (tertiary/aromatic N) is 4. The number of hydrogen-bond donors (Lipinski definition) is 4. The van der Waals surface area contributed by atoms with Crippen LogP contribution in [0.15, 0.2) is 6.33 Å². The van der Waals surface area contributed by atoms with Crippen LogP contribution in [-0.4, -0.2) is 86.5 Å². The Morgan fingerprint density at radius 1 is 1.50 bits per heavy atom. The molecule has 2 fully saturated rings. The second-order valence-electron chi connectivity index (χ2n) is 7.42. The zero-order valence-electron chi connectivity index (χ0n) is 16.4. The highest BCUT2D eigenvalue weighted by molar-refractivity contribution is 6.28. The molecule has 1 amide bonds. The highest BCUT2D eigenvalue weighted by Crippen LogP contribution is 2.40. The molecule has 0 spiro atoms. The number of nitrogens with one attached hydrogen (secondary N) is 2. The summed E-state index contributed by atoms with van der Waals surface area (Å²) in [6, 6.07) is 0.0724. The van der Waals surface area contributed by atoms with Gasteiger partial charge in [0.25, 0.3) is 0 Å². The van der Waals surface area contributed by atoms with Gasteiger partial charge in [-0.1, -0.05) is 0 Å². The summed E-state index contributed by atoms with van der Waals surface area (Å²) in [6.45, 7) is 2.38. The van der Waals surface area contributed by atoms with Gasteiger partial charge in [-0.15, -0.1) is 0 Å². The van der Waals surface area contributed by atoms with Crippen molar-refractivity contribution in [2.75, 3.05) is 32.2 Å². The second kappa shape index (κ2) is 8.12. The Labute approximate surface area is 176 Å². The van der Waals surface area contributed by atoms with Crippen molar-refractivity contribution in [2.24, 2.45) is 0 Å². The molecular formula is C17H23ClN6O6. The van der Waals surface area contributed by atoms with E-state index in [1.165, 1.54) is 24.9 Å². The summed E-state index contributed by atoms with van der Waals surface area (Å²) in [5.41, 5.74) is -0.957. The van der Waals surface area contributed by atoms with Gasteiger partial charge in [-0.3, -0.25) is 4.57 Å². The Bertz CT molecular complexity index is 933. The van der Waals surface area contributed by atoms with Crippen LogP contribution < -0.4 is 10.6 Å². The van der Waals surface area contributed by atoms with Crippen LogP contribution in [-0.2, 0) is 14.2 Å². The zero-order valence-corrected chi connectivity index (χ0v) is 17.2. The number of rotatable bonds is 5. The van der Waals surface area contributed by atoms with Gasteiger partial charge in [0, 0.05) is 13.7 Å². The fraction of sp³-hybridized carbons (Fsp3) is 0.647. The minimum Gasteiger partial charge on any atom is -0.447 e. The van der Waals surface area contributed by atoms with Gasteiger partial charge < -0.3 is 35.1 Å². The number of amides is 1. The Hall–Kier alpha value is -2.25. The van der Waals surface area contributed by atoms with Gasteiger partial charge in [0.1, 0.15) is 24.4 Å². The number of halogens is 1. The van der Waals surface area contributed by atoms with Crippen LogP contribution in [0.1, 0.15) is 19.6 Å². The number of fused-ring (bicyclic) bond motifs is 1. The van der Waals surface area contributed by atoms with Crippen LogP contribution in [0.25, 0.3) is 11.2 Å². The van der Waals surface area contributed by atoms with Crippen molar-refractivity contribution < 1.29 is 29.2 Å². The molecule has 2 aliphatic rings. The molecule has 4 heterocycles. The predicted octanol–water partition coefficient (Wildman–Crippen LogP) is 0.0458. The van der Waals surface area contributed by atoms with Crippen LogP contribution in [0.2, 0.25) is 5.28 Å². The number of aliphatic hydroxyl groups is 2. The molecule has 164 valence electrons. The Balaban J connectivity index is 1.63. The molecule has 2 saturated heterocycles. The van der Waals surface area contributed by atoms with E-state index in [-0.39, 0.29) is 17.9 Å². The average Bonchev–Trinajstić information content (AvgIpc) is 3.41. The van der Waals surface area contributed by atoms with Gasteiger partial charge in [0.2, 0.25) is 5.28 Å². The van der Waals surface area contributed by atoms with Crippen molar-refractivity contribution in [2.45, 2.75) is 43.4 Å². The van der Waals surface area contributed by atoms with Crippen molar-refractivity contribution in [1.82, 2.24) is 24.8 Å². The SMILES string of the molecule is CNC(=O)OC[C@H]1O[C@@H](n2cnc3c(N[C@@H]4CCOC4)nc(Cl)nc32)[C@](C)(O)[C@@H]1O. The molecule has 0 saturated carbocycles. The summed E-state index contributed by atoms with van der Waals surface area (Å²) in [6.07, 6.45) is -1.75. The first-order valence-electron chi connectivity index (χ1n) is 9.46. The first-order valence-corrected chi connectivity index (χ1v) is 9.83. The first kappa shape index (κ1) is 21.0. The number of aromatic nitrogens is 4. The van der Waals surface area contributed by atoms with E-state index in [1.54, 1.807) is 0 Å². The molecule has 0 aliphatic carbocycles. The Kier molecular flexibility index (Phi) is 5.68. The Morgan fingerprint density at radius 2 is 2.30 bits per heavy atom. The normalized spacial score (nSPS) is 31.2. The quantitative estimate of drug-likeness (QED) is 0.467. The van der Waals surface area contributed by atoms with E-state index in [4.69, 9.17) is 25.8 Å². The van der Waals surface area contributed by atoms with Gasteiger partial charge >= 0.3 is 6.09 Å². The third-order valence-corrected chi connectivity index (χ3v) is 5.42. The minimum absolute atomic E-state index is 0.0108. The molecule has 4 N–H and O–H groups in total. The molecule has 0 unspecified atom stereocenters. The number of hydrogen-bond acceptors (Lipinski definition) is 10. The largest absolute Gasteiger partial charge is 0.447 e. The number of alkyl carbamates (subject to hydrolysis) is 1. The summed E-state index contributed by atoms with van der Waals surface area (Å²) < 4.78 is 17.6. The minimum atomic E-state index is -1.71. The maximum Gasteiger partial charge on any atom is 0.406 e. The lowest BCUT2D eigenvalue weighted by molar-refractivity contribution is -0.0951. The maximum atomic E-state index is 11.3. The van der Waals surface area contributed by atoms with Crippen LogP contribution in [0.4, 0.5) is 10.6 Å². The standard InChI is InChI=1S/C17H23ClN6O6/c1-17(27)11(25)9(6-29-16(26)19-2)30-14(17)24-7-20-10-12(21-8-3-4-28-5-8)22-15(18)23-13(10)24/h7-9,11,14,25,27H,3-6H2,1-2H3,(H,19,26)(H,21,22,23)/t8-,9-,11-,14-,17-/m1/s1. The van der Waals surface area contributed by atoms with Gasteiger partial charge in [-0.05, 0) is 24.9 Å². The summed E-state index contributed by atoms with van der Waals surface area (Å²) in [5.74, 6) is 0.442. The first-order chi connectivity index (χ1) is 14.3. The highest BCUT2D eigenvalue weighted by atomic mass is 35.5. The van der Waals surface area contributed by atoms with Crippen molar-refractivity contribution in [3.63, 3.8) is 0 Å². The highest BCUT2D eigenvalue weighted by Gasteiger charge is 2.54. The topological polar surface area (TPSA) is 153 Å². The van der Waals surface area contributed by atoms with Crippen molar-refractivity contribution in [1.29, 1.82) is 0 Å². The Morgan fingerprint density at radius 3 is 3.00 bits per heavy atom. The van der Waals surface area contributed by atoms with Crippen LogP contribution in [0.5, 0.6) is 0 Å². The number of anilines is 1. The monoisotopic (exact) mass is 442 g/mol. The number of ether oxygens (including phenoxy) is 3. The molecule has 13 heteroatoms. The third-order valence-electron chi connectivity index (χ3n) is 5.25. The molecule has 2 aromatic rings. The summed E-state index contributed by atoms with van der Waals surface area (Å²) in [5, 5.41) is 27.0. The van der Waals surface area contributed by atoms with E-state index in [1.807, 2.05) is 0 Å². The van der Waals surface area contributed by atoms with E-state index >= 15 is 0 Å². The molecular weight excluding hydrogens is 420 g/mol. The van der Waals surface area contributed by atoms with Gasteiger partial charge in [0.05, 0.1) is 19.0 Å². The molecule has 4 rings (SSSR count).